The van der Waals surface area contributed by atoms with Crippen LogP contribution in [0, 0.1) is 0 Å². The van der Waals surface area contributed by atoms with Gasteiger partial charge in [0.1, 0.15) is 0 Å². The van der Waals surface area contributed by atoms with Gasteiger partial charge in [-0.25, -0.2) is 9.59 Å². The van der Waals surface area contributed by atoms with E-state index in [0.29, 0.717) is 12.1 Å². The molecule has 0 spiro atoms. The molecule has 0 heterocycles. The minimum atomic E-state index is -4.52. The van der Waals surface area contributed by atoms with Crippen molar-refractivity contribution in [2.24, 2.45) is 5.73 Å². The summed E-state index contributed by atoms with van der Waals surface area (Å²) in [5.41, 5.74) is 3.63. The maximum atomic E-state index is 12.3. The Labute approximate surface area is 117 Å². The van der Waals surface area contributed by atoms with Crippen LogP contribution in [0.1, 0.15) is 22.8 Å². The topological polar surface area (TPSA) is 98.5 Å². The van der Waals surface area contributed by atoms with Gasteiger partial charge in [0.25, 0.3) is 5.91 Å². The molecule has 9 heteroatoms. The third-order valence-electron chi connectivity index (χ3n) is 2.35. The van der Waals surface area contributed by atoms with Gasteiger partial charge in [0.15, 0.2) is 6.10 Å². The summed E-state index contributed by atoms with van der Waals surface area (Å²) in [5.74, 6) is -1.95. The highest BCUT2D eigenvalue weighted by Crippen LogP contribution is 2.29. The molecule has 0 saturated heterocycles. The number of carbonyl (C=O) groups excluding carboxylic acids is 3. The molecule has 0 fully saturated rings. The third kappa shape index (κ3) is 4.79. The van der Waals surface area contributed by atoms with Crippen LogP contribution in [0.2, 0.25) is 0 Å². The smallest absolute Gasteiger partial charge is 0.416 e. The van der Waals surface area contributed by atoms with Crippen LogP contribution in [0.15, 0.2) is 24.3 Å². The molecule has 0 radical (unpaired) electrons. The van der Waals surface area contributed by atoms with E-state index >= 15 is 0 Å². The maximum Gasteiger partial charge on any atom is 0.416 e. The number of hydrogen-bond donors (Lipinski definition) is 2. The van der Waals surface area contributed by atoms with Crippen LogP contribution in [0.3, 0.4) is 0 Å². The molecule has 3 amide bonds. The number of primary amides is 1. The maximum absolute atomic E-state index is 12.3. The Kier molecular flexibility index (Phi) is 4.90. The highest BCUT2D eigenvalue weighted by atomic mass is 19.4. The average molecular weight is 304 g/mol. The van der Waals surface area contributed by atoms with E-state index in [4.69, 9.17) is 5.73 Å². The minimum absolute atomic E-state index is 0.165. The number of ether oxygens (including phenoxy) is 1. The highest BCUT2D eigenvalue weighted by Gasteiger charge is 2.30. The van der Waals surface area contributed by atoms with Crippen molar-refractivity contribution in [2.45, 2.75) is 19.2 Å². The minimum Gasteiger partial charge on any atom is -0.449 e. The molecular weight excluding hydrogens is 293 g/mol. The number of carbonyl (C=O) groups is 3. The zero-order valence-electron chi connectivity index (χ0n) is 10.7. The Morgan fingerprint density at radius 2 is 1.71 bits per heavy atom. The van der Waals surface area contributed by atoms with Crippen LogP contribution in [0.5, 0.6) is 0 Å². The Hall–Kier alpha value is -2.58. The molecule has 6 nitrogen and oxygen atoms in total. The van der Waals surface area contributed by atoms with Crippen LogP contribution in [-0.4, -0.2) is 24.0 Å². The number of amides is 3. The highest BCUT2D eigenvalue weighted by molar-refractivity contribution is 5.98. The first-order chi connectivity index (χ1) is 9.61. The van der Waals surface area contributed by atoms with Crippen LogP contribution in [0.25, 0.3) is 0 Å². The van der Waals surface area contributed by atoms with Crippen molar-refractivity contribution in [1.29, 1.82) is 0 Å². The number of imide groups is 1. The number of esters is 1. The fourth-order valence-electron chi connectivity index (χ4n) is 1.30. The van der Waals surface area contributed by atoms with Crippen molar-refractivity contribution >= 4 is 17.9 Å². The number of rotatable bonds is 3. The van der Waals surface area contributed by atoms with Crippen molar-refractivity contribution < 1.29 is 32.3 Å². The summed E-state index contributed by atoms with van der Waals surface area (Å²) >= 11 is 0. The Bertz CT molecular complexity index is 555. The first-order valence-electron chi connectivity index (χ1n) is 5.60. The van der Waals surface area contributed by atoms with E-state index in [9.17, 15) is 27.6 Å². The molecule has 0 aliphatic rings. The van der Waals surface area contributed by atoms with Crippen LogP contribution >= 0.6 is 0 Å². The largest absolute Gasteiger partial charge is 0.449 e. The van der Waals surface area contributed by atoms with Crippen molar-refractivity contribution in [2.75, 3.05) is 0 Å². The predicted molar refractivity (Wildman–Crippen MR) is 64.0 cm³/mol. The summed E-state index contributed by atoms with van der Waals surface area (Å²) in [5, 5.41) is 1.70. The first-order valence-corrected chi connectivity index (χ1v) is 5.60. The SMILES string of the molecule is C[C@@H](OC(=O)c1ccc(C(F)(F)F)cc1)C(=O)NC(N)=O. The van der Waals surface area contributed by atoms with E-state index in [1.807, 2.05) is 0 Å². The molecular formula is C12H11F3N2O4. The molecule has 3 N–H and O–H groups in total. The normalized spacial score (nSPS) is 12.4. The first kappa shape index (κ1) is 16.5. The summed E-state index contributed by atoms with van der Waals surface area (Å²) in [6.07, 6.45) is -5.84. The van der Waals surface area contributed by atoms with Crippen molar-refractivity contribution in [3.8, 4) is 0 Å². The van der Waals surface area contributed by atoms with Gasteiger partial charge in [-0.15, -0.1) is 0 Å². The summed E-state index contributed by atoms with van der Waals surface area (Å²) in [4.78, 5) is 33.3. The molecule has 0 aliphatic carbocycles. The Balaban J connectivity index is 2.72. The fraction of sp³-hybridized carbons (Fsp3) is 0.250. The van der Waals surface area contributed by atoms with Crippen molar-refractivity contribution in [3.63, 3.8) is 0 Å². The molecule has 0 unspecified atom stereocenters. The van der Waals surface area contributed by atoms with Crippen LogP contribution in [-0.2, 0) is 15.7 Å². The number of hydrogen-bond acceptors (Lipinski definition) is 4. The lowest BCUT2D eigenvalue weighted by atomic mass is 10.1. The third-order valence-corrected chi connectivity index (χ3v) is 2.35. The monoisotopic (exact) mass is 304 g/mol. The van der Waals surface area contributed by atoms with Crippen molar-refractivity contribution in [1.82, 2.24) is 5.32 Å². The zero-order valence-corrected chi connectivity index (χ0v) is 10.7. The number of urea groups is 1. The quantitative estimate of drug-likeness (QED) is 0.826. The molecule has 114 valence electrons. The second-order valence-corrected chi connectivity index (χ2v) is 3.98. The molecule has 0 aromatic heterocycles. The van der Waals surface area contributed by atoms with Gasteiger partial charge in [-0.1, -0.05) is 0 Å². The van der Waals surface area contributed by atoms with Gasteiger partial charge in [-0.3, -0.25) is 10.1 Å². The Morgan fingerprint density at radius 3 is 2.14 bits per heavy atom. The van der Waals surface area contributed by atoms with E-state index in [1.54, 1.807) is 5.32 Å². The summed E-state index contributed by atoms with van der Waals surface area (Å²) in [7, 11) is 0. The van der Waals surface area contributed by atoms with Crippen molar-refractivity contribution in [3.05, 3.63) is 35.4 Å². The lowest BCUT2D eigenvalue weighted by Crippen LogP contribution is -2.42. The average Bonchev–Trinajstić information content (AvgIpc) is 2.36. The molecule has 0 aliphatic heterocycles. The lowest BCUT2D eigenvalue weighted by molar-refractivity contribution is -0.137. The van der Waals surface area contributed by atoms with Crippen LogP contribution < -0.4 is 11.1 Å². The fourth-order valence-corrected chi connectivity index (χ4v) is 1.30. The van der Waals surface area contributed by atoms with E-state index in [2.05, 4.69) is 4.74 Å². The van der Waals surface area contributed by atoms with Gasteiger partial charge < -0.3 is 10.5 Å². The van der Waals surface area contributed by atoms with Gasteiger partial charge in [0.05, 0.1) is 11.1 Å². The van der Waals surface area contributed by atoms with Gasteiger partial charge in [0, 0.05) is 0 Å². The number of nitrogens with one attached hydrogen (secondary N) is 1. The number of nitrogens with two attached hydrogens (primary N) is 1. The summed E-state index contributed by atoms with van der Waals surface area (Å²) in [6.45, 7) is 1.18. The zero-order chi connectivity index (χ0) is 16.2. The van der Waals surface area contributed by atoms with E-state index < -0.39 is 35.8 Å². The second-order valence-electron chi connectivity index (χ2n) is 3.98. The molecule has 1 aromatic carbocycles. The lowest BCUT2D eigenvalue weighted by Gasteiger charge is -2.12. The van der Waals surface area contributed by atoms with Crippen LogP contribution in [0.4, 0.5) is 18.0 Å². The molecule has 0 bridgehead atoms. The standard InChI is InChI=1S/C12H11F3N2O4/c1-6(9(18)17-11(16)20)21-10(19)7-2-4-8(5-3-7)12(13,14)15/h2-6H,1H3,(H3,16,17,18,20)/t6-/m1/s1. The second kappa shape index (κ2) is 6.25. The molecule has 21 heavy (non-hydrogen) atoms. The van der Waals surface area contributed by atoms with Gasteiger partial charge in [0.2, 0.25) is 0 Å². The van der Waals surface area contributed by atoms with E-state index in [-0.39, 0.29) is 5.56 Å². The molecule has 1 atom stereocenters. The number of alkyl halides is 3. The van der Waals surface area contributed by atoms with Gasteiger partial charge >= 0.3 is 18.2 Å². The van der Waals surface area contributed by atoms with E-state index in [0.717, 1.165) is 12.1 Å². The summed E-state index contributed by atoms with van der Waals surface area (Å²) < 4.78 is 41.7. The predicted octanol–water partition coefficient (Wildman–Crippen LogP) is 1.45. The molecule has 1 aromatic rings. The summed E-state index contributed by atoms with van der Waals surface area (Å²) in [6, 6.07) is 2.15. The number of benzene rings is 1. The van der Waals surface area contributed by atoms with Gasteiger partial charge in [-0.2, -0.15) is 13.2 Å². The Morgan fingerprint density at radius 1 is 1.19 bits per heavy atom. The number of halogens is 3. The van der Waals surface area contributed by atoms with E-state index in [1.165, 1.54) is 6.92 Å². The molecule has 0 saturated carbocycles. The van der Waals surface area contributed by atoms with Gasteiger partial charge in [-0.05, 0) is 31.2 Å². The molecule has 1 rings (SSSR count).